The molecule has 1 amide bonds. The number of nitrogens with one attached hydrogen (secondary N) is 2. The van der Waals surface area contributed by atoms with Gasteiger partial charge in [-0.1, -0.05) is 36.4 Å². The van der Waals surface area contributed by atoms with Crippen molar-refractivity contribution in [2.45, 2.75) is 51.3 Å². The Kier molecular flexibility index (Phi) is 6.39. The zero-order chi connectivity index (χ0) is 21.8. The second kappa shape index (κ2) is 9.20. The van der Waals surface area contributed by atoms with Crippen LogP contribution in [0, 0.1) is 0 Å². The van der Waals surface area contributed by atoms with E-state index in [1.165, 1.54) is 11.1 Å². The Morgan fingerprint density at radius 2 is 2.03 bits per heavy atom. The summed E-state index contributed by atoms with van der Waals surface area (Å²) in [4.78, 5) is 30.4. The van der Waals surface area contributed by atoms with Crippen molar-refractivity contribution >= 4 is 11.5 Å². The van der Waals surface area contributed by atoms with Gasteiger partial charge in [0.2, 0.25) is 0 Å². The minimum atomic E-state index is -0.334. The van der Waals surface area contributed by atoms with E-state index >= 15 is 0 Å². The fourth-order valence-electron chi connectivity index (χ4n) is 4.41. The number of hydrogen-bond donors (Lipinski definition) is 2. The van der Waals surface area contributed by atoms with Crippen molar-refractivity contribution in [3.05, 3.63) is 75.7 Å². The maximum atomic E-state index is 12.6. The highest BCUT2D eigenvalue weighted by Gasteiger charge is 2.30. The molecule has 0 aliphatic carbocycles. The first kappa shape index (κ1) is 21.5. The second-order valence-corrected chi connectivity index (χ2v) is 9.08. The van der Waals surface area contributed by atoms with Gasteiger partial charge in [0, 0.05) is 38.0 Å². The molecule has 2 aromatic rings. The SMILES string of the molecule is CC1(C)CC(NC(=O)c2ccc(CN3CC=C(c4ccccc4)CC3)[nH]c2=O)CCO1. The van der Waals surface area contributed by atoms with E-state index in [1.54, 1.807) is 6.07 Å². The third-order valence-corrected chi connectivity index (χ3v) is 6.08. The van der Waals surface area contributed by atoms with Crippen molar-refractivity contribution in [1.29, 1.82) is 0 Å². The van der Waals surface area contributed by atoms with E-state index < -0.39 is 0 Å². The molecule has 6 heteroatoms. The molecule has 4 rings (SSSR count). The average Bonchev–Trinajstić information content (AvgIpc) is 2.74. The number of nitrogens with zero attached hydrogens (tertiary/aromatic N) is 1. The summed E-state index contributed by atoms with van der Waals surface area (Å²) in [6.45, 7) is 7.09. The normalized spacial score (nSPS) is 21.4. The minimum absolute atomic E-state index is 0.0225. The highest BCUT2D eigenvalue weighted by molar-refractivity contribution is 5.94. The van der Waals surface area contributed by atoms with Gasteiger partial charge in [0.1, 0.15) is 5.56 Å². The fraction of sp³-hybridized carbons (Fsp3) is 0.440. The van der Waals surface area contributed by atoms with Crippen LogP contribution in [-0.2, 0) is 11.3 Å². The highest BCUT2D eigenvalue weighted by Crippen LogP contribution is 2.24. The van der Waals surface area contributed by atoms with E-state index in [0.29, 0.717) is 13.2 Å². The lowest BCUT2D eigenvalue weighted by molar-refractivity contribution is -0.0615. The third kappa shape index (κ3) is 5.51. The van der Waals surface area contributed by atoms with E-state index in [0.717, 1.165) is 38.0 Å². The first-order chi connectivity index (χ1) is 14.9. The van der Waals surface area contributed by atoms with Crippen molar-refractivity contribution in [2.24, 2.45) is 0 Å². The number of rotatable bonds is 5. The van der Waals surface area contributed by atoms with E-state index in [-0.39, 0.29) is 28.7 Å². The molecular weight excluding hydrogens is 390 g/mol. The number of hydrogen-bond acceptors (Lipinski definition) is 4. The summed E-state index contributed by atoms with van der Waals surface area (Å²) in [5.41, 5.74) is 3.05. The molecule has 1 unspecified atom stereocenters. The topological polar surface area (TPSA) is 74.4 Å². The number of aromatic amines is 1. The molecule has 0 saturated carbocycles. The van der Waals surface area contributed by atoms with E-state index in [4.69, 9.17) is 4.74 Å². The van der Waals surface area contributed by atoms with Crippen LogP contribution in [0.25, 0.3) is 5.57 Å². The number of ether oxygens (including phenoxy) is 1. The lowest BCUT2D eigenvalue weighted by atomic mass is 9.94. The van der Waals surface area contributed by atoms with Crippen LogP contribution < -0.4 is 10.9 Å². The first-order valence-electron chi connectivity index (χ1n) is 11.0. The van der Waals surface area contributed by atoms with Gasteiger partial charge in [0.15, 0.2) is 0 Å². The van der Waals surface area contributed by atoms with Crippen LogP contribution in [0.3, 0.4) is 0 Å². The van der Waals surface area contributed by atoms with Gasteiger partial charge in [-0.3, -0.25) is 14.5 Å². The van der Waals surface area contributed by atoms with Crippen LogP contribution in [0.4, 0.5) is 0 Å². The number of benzene rings is 1. The molecule has 0 radical (unpaired) electrons. The monoisotopic (exact) mass is 421 g/mol. The Hall–Kier alpha value is -2.70. The van der Waals surface area contributed by atoms with E-state index in [2.05, 4.69) is 45.5 Å². The average molecular weight is 422 g/mol. The highest BCUT2D eigenvalue weighted by atomic mass is 16.5. The Labute approximate surface area is 183 Å². The molecule has 1 atom stereocenters. The summed E-state index contributed by atoms with van der Waals surface area (Å²) < 4.78 is 5.70. The fourth-order valence-corrected chi connectivity index (χ4v) is 4.41. The van der Waals surface area contributed by atoms with Gasteiger partial charge in [-0.2, -0.15) is 0 Å². The van der Waals surface area contributed by atoms with Crippen LogP contribution in [0.2, 0.25) is 0 Å². The van der Waals surface area contributed by atoms with Crippen molar-refractivity contribution in [3.63, 3.8) is 0 Å². The smallest absolute Gasteiger partial charge is 0.261 e. The summed E-state index contributed by atoms with van der Waals surface area (Å²) in [7, 11) is 0. The van der Waals surface area contributed by atoms with Gasteiger partial charge in [-0.25, -0.2) is 0 Å². The zero-order valence-electron chi connectivity index (χ0n) is 18.3. The predicted octanol–water partition coefficient (Wildman–Crippen LogP) is 3.35. The molecule has 0 spiro atoms. The van der Waals surface area contributed by atoms with Gasteiger partial charge in [0.05, 0.1) is 5.60 Å². The summed E-state index contributed by atoms with van der Waals surface area (Å²) in [6, 6.07) is 14.0. The molecule has 31 heavy (non-hydrogen) atoms. The van der Waals surface area contributed by atoms with Crippen LogP contribution >= 0.6 is 0 Å². The molecule has 6 nitrogen and oxygen atoms in total. The molecule has 164 valence electrons. The number of carbonyl (C=O) groups excluding carboxylic acids is 1. The molecule has 2 aliphatic rings. The quantitative estimate of drug-likeness (QED) is 0.777. The first-order valence-corrected chi connectivity index (χ1v) is 11.0. The lowest BCUT2D eigenvalue weighted by Crippen LogP contribution is -2.46. The van der Waals surface area contributed by atoms with E-state index in [9.17, 15) is 9.59 Å². The van der Waals surface area contributed by atoms with Crippen LogP contribution in [0.15, 0.2) is 53.3 Å². The molecule has 1 fully saturated rings. The Bertz CT molecular complexity index is 1010. The van der Waals surface area contributed by atoms with Gasteiger partial charge in [-0.05, 0) is 56.4 Å². The summed E-state index contributed by atoms with van der Waals surface area (Å²) in [6.07, 6.45) is 4.74. The number of H-pyrrole nitrogens is 1. The largest absolute Gasteiger partial charge is 0.375 e. The number of amides is 1. The molecule has 1 saturated heterocycles. The van der Waals surface area contributed by atoms with Crippen molar-refractivity contribution in [1.82, 2.24) is 15.2 Å². The predicted molar refractivity (Wildman–Crippen MR) is 122 cm³/mol. The molecule has 1 aromatic carbocycles. The Morgan fingerprint density at radius 3 is 2.71 bits per heavy atom. The Morgan fingerprint density at radius 1 is 1.23 bits per heavy atom. The molecule has 3 heterocycles. The number of pyridine rings is 1. The van der Waals surface area contributed by atoms with Gasteiger partial charge in [0.25, 0.3) is 11.5 Å². The van der Waals surface area contributed by atoms with Crippen LogP contribution in [-0.4, -0.2) is 47.1 Å². The van der Waals surface area contributed by atoms with Crippen molar-refractivity contribution in [3.8, 4) is 0 Å². The summed E-state index contributed by atoms with van der Waals surface area (Å²) in [5, 5.41) is 3.00. The minimum Gasteiger partial charge on any atom is -0.375 e. The van der Waals surface area contributed by atoms with Gasteiger partial charge in [-0.15, -0.1) is 0 Å². The maximum Gasteiger partial charge on any atom is 0.261 e. The number of carbonyl (C=O) groups is 1. The molecule has 0 bridgehead atoms. The molecular formula is C25H31N3O3. The van der Waals surface area contributed by atoms with E-state index in [1.807, 2.05) is 26.0 Å². The molecule has 2 aliphatic heterocycles. The van der Waals surface area contributed by atoms with Gasteiger partial charge < -0.3 is 15.0 Å². The van der Waals surface area contributed by atoms with Crippen molar-refractivity contribution < 1.29 is 9.53 Å². The molecule has 2 N–H and O–H groups in total. The standard InChI is InChI=1S/C25H31N3O3/c1-25(2)16-20(12-15-31-25)26-23(29)22-9-8-21(27-24(22)30)17-28-13-10-19(11-14-28)18-6-4-3-5-7-18/h3-10,20H,11-17H2,1-2H3,(H,26,29)(H,27,30). The zero-order valence-corrected chi connectivity index (χ0v) is 18.3. The molecule has 1 aromatic heterocycles. The van der Waals surface area contributed by atoms with Crippen LogP contribution in [0.1, 0.15) is 54.7 Å². The maximum absolute atomic E-state index is 12.6. The van der Waals surface area contributed by atoms with Gasteiger partial charge >= 0.3 is 0 Å². The Balaban J connectivity index is 1.35. The lowest BCUT2D eigenvalue weighted by Gasteiger charge is -2.35. The number of aromatic nitrogens is 1. The van der Waals surface area contributed by atoms with Crippen molar-refractivity contribution in [2.75, 3.05) is 19.7 Å². The summed E-state index contributed by atoms with van der Waals surface area (Å²) >= 11 is 0. The van der Waals surface area contributed by atoms with Crippen LogP contribution in [0.5, 0.6) is 0 Å². The third-order valence-electron chi connectivity index (χ3n) is 6.08. The summed E-state index contributed by atoms with van der Waals surface area (Å²) in [5.74, 6) is -0.316. The second-order valence-electron chi connectivity index (χ2n) is 9.08.